The minimum Gasteiger partial charge on any atom is -0.466 e. The Kier molecular flexibility index (Phi) is 6.64. The Hall–Kier alpha value is -3.51. The number of nitrogens with one attached hydrogen (secondary N) is 1. The number of hydrogen-bond acceptors (Lipinski definition) is 10. The number of aromatic amines is 1. The van der Waals surface area contributed by atoms with Crippen LogP contribution in [0.15, 0.2) is 23.0 Å². The number of carbonyl (C=O) groups excluding carboxylic acids is 1. The van der Waals surface area contributed by atoms with E-state index in [0.29, 0.717) is 74.1 Å². The van der Waals surface area contributed by atoms with Crippen LogP contribution in [-0.4, -0.2) is 76.3 Å². The van der Waals surface area contributed by atoms with Gasteiger partial charge in [-0.25, -0.2) is 4.68 Å². The van der Waals surface area contributed by atoms with Crippen LogP contribution in [0.4, 0.5) is 0 Å². The third kappa shape index (κ3) is 4.58. The highest BCUT2D eigenvalue weighted by atomic mass is 16.7. The van der Waals surface area contributed by atoms with Gasteiger partial charge in [-0.05, 0) is 42.3 Å². The molecule has 1 saturated heterocycles. The predicted molar refractivity (Wildman–Crippen MR) is 123 cm³/mol. The first kappa shape index (κ1) is 23.2. The van der Waals surface area contributed by atoms with Crippen molar-refractivity contribution in [3.05, 3.63) is 39.9 Å². The van der Waals surface area contributed by atoms with E-state index in [1.54, 1.807) is 24.8 Å². The zero-order chi connectivity index (χ0) is 24.4. The number of esters is 1. The second kappa shape index (κ2) is 10.0. The van der Waals surface area contributed by atoms with Crippen molar-refractivity contribution in [2.24, 2.45) is 5.92 Å². The summed E-state index contributed by atoms with van der Waals surface area (Å²) in [4.78, 5) is 30.8. The second-order valence-electron chi connectivity index (χ2n) is 8.56. The predicted octanol–water partition coefficient (Wildman–Crippen LogP) is 1.25. The summed E-state index contributed by atoms with van der Waals surface area (Å²) >= 11 is 0. The highest BCUT2D eigenvalue weighted by molar-refractivity contribution is 5.83. The molecule has 0 spiro atoms. The number of nitrogens with zero attached hydrogens (tertiary/aromatic N) is 5. The van der Waals surface area contributed by atoms with Crippen molar-refractivity contribution in [2.45, 2.75) is 32.4 Å². The Morgan fingerprint density at radius 3 is 2.74 bits per heavy atom. The number of piperidine rings is 1. The molecule has 1 fully saturated rings. The minimum atomic E-state index is -0.511. The number of aromatic nitrogens is 5. The molecule has 4 heterocycles. The molecule has 0 saturated carbocycles. The van der Waals surface area contributed by atoms with E-state index in [-0.39, 0.29) is 24.2 Å². The molecule has 1 unspecified atom stereocenters. The van der Waals surface area contributed by atoms with Crippen LogP contribution in [0.5, 0.6) is 11.5 Å². The summed E-state index contributed by atoms with van der Waals surface area (Å²) in [6.45, 7) is 4.36. The number of tetrazole rings is 1. The van der Waals surface area contributed by atoms with E-state index in [1.807, 2.05) is 12.1 Å². The Bertz CT molecular complexity index is 1270. The van der Waals surface area contributed by atoms with Crippen LogP contribution in [0.3, 0.4) is 0 Å². The number of likely N-dealkylation sites (tertiary alicyclic amines) is 1. The molecule has 12 nitrogen and oxygen atoms in total. The van der Waals surface area contributed by atoms with Crippen molar-refractivity contribution in [3.63, 3.8) is 0 Å². The monoisotopic (exact) mass is 484 g/mol. The molecule has 2 aliphatic rings. The molecule has 5 rings (SSSR count). The van der Waals surface area contributed by atoms with Crippen molar-refractivity contribution in [3.8, 4) is 11.5 Å². The lowest BCUT2D eigenvalue weighted by Crippen LogP contribution is -2.42. The maximum atomic E-state index is 13.4. The molecule has 1 aromatic carbocycles. The number of H-pyrrole nitrogens is 1. The first-order chi connectivity index (χ1) is 17.1. The van der Waals surface area contributed by atoms with Crippen molar-refractivity contribution < 1.29 is 23.7 Å². The van der Waals surface area contributed by atoms with Crippen LogP contribution in [0, 0.1) is 5.92 Å². The summed E-state index contributed by atoms with van der Waals surface area (Å²) in [5.74, 6) is 1.44. The van der Waals surface area contributed by atoms with Crippen LogP contribution in [0.2, 0.25) is 0 Å². The van der Waals surface area contributed by atoms with Gasteiger partial charge < -0.3 is 23.9 Å². The van der Waals surface area contributed by atoms with Crippen LogP contribution in [0.1, 0.15) is 37.2 Å². The number of carbonyl (C=O) groups is 1. The average Bonchev–Trinajstić information content (AvgIpc) is 3.51. The second-order valence-corrected chi connectivity index (χ2v) is 8.56. The quantitative estimate of drug-likeness (QED) is 0.466. The van der Waals surface area contributed by atoms with Gasteiger partial charge in [-0.3, -0.25) is 14.5 Å². The number of pyridine rings is 1. The van der Waals surface area contributed by atoms with E-state index < -0.39 is 6.04 Å². The fraction of sp³-hybridized carbons (Fsp3) is 0.522. The van der Waals surface area contributed by atoms with E-state index in [4.69, 9.17) is 18.9 Å². The first-order valence-corrected chi connectivity index (χ1v) is 11.7. The van der Waals surface area contributed by atoms with Gasteiger partial charge in [0.05, 0.1) is 31.2 Å². The van der Waals surface area contributed by atoms with Crippen molar-refractivity contribution >= 4 is 16.9 Å². The average molecular weight is 485 g/mol. The number of ether oxygens (including phenoxy) is 4. The summed E-state index contributed by atoms with van der Waals surface area (Å²) in [7, 11) is 1.61. The molecular formula is C23H28N6O6. The fourth-order valence-corrected chi connectivity index (χ4v) is 4.71. The summed E-state index contributed by atoms with van der Waals surface area (Å²) in [6, 6.07) is 4.97. The van der Waals surface area contributed by atoms with Gasteiger partial charge in [-0.2, -0.15) is 0 Å². The maximum absolute atomic E-state index is 13.4. The van der Waals surface area contributed by atoms with Gasteiger partial charge in [-0.1, -0.05) is 0 Å². The lowest BCUT2D eigenvalue weighted by molar-refractivity contribution is -0.149. The summed E-state index contributed by atoms with van der Waals surface area (Å²) in [5.41, 5.74) is 0.927. The largest absolute Gasteiger partial charge is 0.466 e. The molecule has 0 amide bonds. The third-order valence-corrected chi connectivity index (χ3v) is 6.49. The van der Waals surface area contributed by atoms with Crippen LogP contribution < -0.4 is 15.0 Å². The van der Waals surface area contributed by atoms with Gasteiger partial charge in [0.2, 0.25) is 6.79 Å². The van der Waals surface area contributed by atoms with Gasteiger partial charge >= 0.3 is 5.97 Å². The number of rotatable bonds is 8. The zero-order valence-electron chi connectivity index (χ0n) is 19.7. The lowest BCUT2D eigenvalue weighted by atomic mass is 9.94. The van der Waals surface area contributed by atoms with E-state index in [2.05, 4.69) is 25.4 Å². The van der Waals surface area contributed by atoms with Crippen molar-refractivity contribution in [1.29, 1.82) is 0 Å². The normalized spacial score (nSPS) is 17.1. The summed E-state index contributed by atoms with van der Waals surface area (Å²) in [6.07, 6.45) is 1.25. The van der Waals surface area contributed by atoms with Gasteiger partial charge in [0, 0.05) is 37.2 Å². The molecule has 186 valence electrons. The highest BCUT2D eigenvalue weighted by Gasteiger charge is 2.35. The maximum Gasteiger partial charge on any atom is 0.309 e. The van der Waals surface area contributed by atoms with Gasteiger partial charge in [0.1, 0.15) is 6.04 Å². The number of methoxy groups -OCH3 is 1. The Morgan fingerprint density at radius 1 is 1.23 bits per heavy atom. The molecule has 0 aliphatic carbocycles. The number of fused-ring (bicyclic) bond motifs is 2. The lowest BCUT2D eigenvalue weighted by Gasteiger charge is -2.36. The van der Waals surface area contributed by atoms with E-state index in [1.165, 1.54) is 0 Å². The van der Waals surface area contributed by atoms with E-state index in [9.17, 15) is 9.59 Å². The van der Waals surface area contributed by atoms with Gasteiger partial charge in [0.25, 0.3) is 5.56 Å². The van der Waals surface area contributed by atoms with E-state index >= 15 is 0 Å². The van der Waals surface area contributed by atoms with Crippen molar-refractivity contribution in [1.82, 2.24) is 30.1 Å². The highest BCUT2D eigenvalue weighted by Crippen LogP contribution is 2.37. The first-order valence-electron chi connectivity index (χ1n) is 11.7. The third-order valence-electron chi connectivity index (χ3n) is 6.49. The Labute approximate surface area is 201 Å². The van der Waals surface area contributed by atoms with Gasteiger partial charge in [0.15, 0.2) is 17.3 Å². The van der Waals surface area contributed by atoms with Crippen LogP contribution in [0.25, 0.3) is 10.9 Å². The molecule has 1 N–H and O–H groups in total. The molecule has 12 heteroatoms. The molecule has 1 atom stereocenters. The van der Waals surface area contributed by atoms with Crippen LogP contribution >= 0.6 is 0 Å². The number of benzene rings is 1. The van der Waals surface area contributed by atoms with E-state index in [0.717, 1.165) is 5.39 Å². The fourth-order valence-electron chi connectivity index (χ4n) is 4.71. The molecule has 0 bridgehead atoms. The van der Waals surface area contributed by atoms with Crippen molar-refractivity contribution in [2.75, 3.05) is 40.2 Å². The summed E-state index contributed by atoms with van der Waals surface area (Å²) < 4.78 is 23.1. The SMILES string of the molecule is CCOC(=O)C1CCN(C(c2cc3cc4c(cc3[nH]c2=O)OCO4)c2nnnn2CCOC)CC1. The minimum absolute atomic E-state index is 0.148. The molecule has 2 aromatic heterocycles. The van der Waals surface area contributed by atoms with Crippen LogP contribution in [-0.2, 0) is 20.8 Å². The molecular weight excluding hydrogens is 456 g/mol. The molecule has 2 aliphatic heterocycles. The Morgan fingerprint density at radius 2 is 2.00 bits per heavy atom. The molecule has 35 heavy (non-hydrogen) atoms. The topological polar surface area (TPSA) is 134 Å². The molecule has 0 radical (unpaired) electrons. The Balaban J connectivity index is 1.53. The summed E-state index contributed by atoms with van der Waals surface area (Å²) in [5, 5.41) is 13.1. The standard InChI is InChI=1S/C23H28N6O6/c1-3-33-23(31)14-4-6-28(7-5-14)20(21-25-26-27-29(21)8-9-32-2)16-10-15-11-18-19(35-13-34-18)12-17(15)24-22(16)30/h10-12,14,20H,3-9,13H2,1-2H3,(H,24,30). The van der Waals surface area contributed by atoms with Gasteiger partial charge in [-0.15, -0.1) is 5.10 Å². The zero-order valence-corrected chi connectivity index (χ0v) is 19.7. The molecule has 3 aromatic rings. The number of hydrogen-bond donors (Lipinski definition) is 1. The smallest absolute Gasteiger partial charge is 0.309 e.